The lowest BCUT2D eigenvalue weighted by Crippen LogP contribution is -2.40. The lowest BCUT2D eigenvalue weighted by Gasteiger charge is -2.36. The number of hydrogen-bond acceptors (Lipinski definition) is 5. The Balaban J connectivity index is 1.52. The number of alkyl halides is 5. The molecule has 0 atom stereocenters. The van der Waals surface area contributed by atoms with Gasteiger partial charge in [-0.25, -0.2) is 9.67 Å². The van der Waals surface area contributed by atoms with Crippen molar-refractivity contribution >= 4 is 5.91 Å². The number of aromatic nitrogens is 4. The number of hydrogen-bond donors (Lipinski definition) is 1. The summed E-state index contributed by atoms with van der Waals surface area (Å²) in [5.74, 6) is -0.771. The number of pyridine rings is 2. The highest BCUT2D eigenvalue weighted by Gasteiger charge is 2.51. The molecule has 3 aromatic heterocycles. The Morgan fingerprint density at radius 1 is 1.21 bits per heavy atom. The second-order valence-electron chi connectivity index (χ2n) is 8.46. The van der Waals surface area contributed by atoms with Crippen LogP contribution in [0.4, 0.5) is 22.0 Å². The minimum Gasteiger partial charge on any atom is -0.364 e. The fourth-order valence-corrected chi connectivity index (χ4v) is 4.65. The minimum atomic E-state index is -4.55. The molecule has 2 aliphatic rings. The molecule has 0 spiro atoms. The molecule has 7 nitrogen and oxygen atoms in total. The average Bonchev–Trinajstić information content (AvgIpc) is 3.46. The van der Waals surface area contributed by atoms with Gasteiger partial charge in [0.25, 0.3) is 5.91 Å². The second-order valence-corrected chi connectivity index (χ2v) is 8.46. The number of nitrogens with zero attached hydrogens (tertiary/aromatic N) is 5. The van der Waals surface area contributed by atoms with Gasteiger partial charge in [-0.15, -0.1) is 0 Å². The SMILES string of the molecule is NC(=O)c1cc(-c2cnn(C(F)F)c2)c2c(n1)CN(C1(c3ccnc(C(F)(F)F)c3)CC1)CC2. The number of fused-ring (bicyclic) bond motifs is 1. The van der Waals surface area contributed by atoms with E-state index >= 15 is 0 Å². The van der Waals surface area contributed by atoms with Gasteiger partial charge < -0.3 is 5.73 Å². The van der Waals surface area contributed by atoms with E-state index in [-0.39, 0.29) is 12.2 Å². The molecule has 2 N–H and O–H groups in total. The van der Waals surface area contributed by atoms with Crippen LogP contribution in [0, 0.1) is 0 Å². The van der Waals surface area contributed by atoms with E-state index in [9.17, 15) is 26.7 Å². The third kappa shape index (κ3) is 3.81. The van der Waals surface area contributed by atoms with Crippen molar-refractivity contribution < 1.29 is 26.7 Å². The van der Waals surface area contributed by atoms with Crippen LogP contribution >= 0.6 is 0 Å². The molecule has 0 radical (unpaired) electrons. The number of amides is 1. The molecule has 1 saturated carbocycles. The molecule has 0 aromatic carbocycles. The van der Waals surface area contributed by atoms with Crippen LogP contribution in [0.25, 0.3) is 11.1 Å². The molecule has 0 unspecified atom stereocenters. The largest absolute Gasteiger partial charge is 0.433 e. The third-order valence-electron chi connectivity index (χ3n) is 6.46. The van der Waals surface area contributed by atoms with Crippen LogP contribution < -0.4 is 5.73 Å². The molecule has 3 aromatic rings. The summed E-state index contributed by atoms with van der Waals surface area (Å²) in [6.07, 6.45) is 0.913. The van der Waals surface area contributed by atoms with Crippen molar-refractivity contribution in [3.8, 4) is 11.1 Å². The zero-order chi connectivity index (χ0) is 24.3. The smallest absolute Gasteiger partial charge is 0.364 e. The Bertz CT molecular complexity index is 1270. The van der Waals surface area contributed by atoms with E-state index in [2.05, 4.69) is 20.0 Å². The van der Waals surface area contributed by atoms with Crippen LogP contribution in [-0.2, 0) is 24.7 Å². The molecule has 0 bridgehead atoms. The first kappa shape index (κ1) is 22.4. The molecule has 1 aliphatic carbocycles. The van der Waals surface area contributed by atoms with E-state index in [1.807, 2.05) is 0 Å². The molecular weight excluding hydrogens is 459 g/mol. The van der Waals surface area contributed by atoms with E-state index < -0.39 is 29.9 Å². The number of nitrogens with two attached hydrogens (primary N) is 1. The van der Waals surface area contributed by atoms with Crippen molar-refractivity contribution in [2.45, 2.75) is 44.1 Å². The predicted octanol–water partition coefficient (Wildman–Crippen LogP) is 3.90. The fourth-order valence-electron chi connectivity index (χ4n) is 4.65. The molecule has 178 valence electrons. The third-order valence-corrected chi connectivity index (χ3v) is 6.46. The number of carbonyl (C=O) groups is 1. The van der Waals surface area contributed by atoms with Crippen LogP contribution in [0.3, 0.4) is 0 Å². The number of rotatable bonds is 5. The topological polar surface area (TPSA) is 89.9 Å². The molecule has 34 heavy (non-hydrogen) atoms. The first-order valence-electron chi connectivity index (χ1n) is 10.5. The molecule has 1 fully saturated rings. The zero-order valence-electron chi connectivity index (χ0n) is 17.7. The number of halogens is 5. The Kier molecular flexibility index (Phi) is 5.15. The Morgan fingerprint density at radius 3 is 2.59 bits per heavy atom. The van der Waals surface area contributed by atoms with Crippen molar-refractivity contribution in [1.29, 1.82) is 0 Å². The summed E-state index contributed by atoms with van der Waals surface area (Å²) in [5.41, 5.74) is 6.71. The van der Waals surface area contributed by atoms with Crippen molar-refractivity contribution in [3.63, 3.8) is 0 Å². The second kappa shape index (κ2) is 7.83. The quantitative estimate of drug-likeness (QED) is 0.562. The summed E-state index contributed by atoms with van der Waals surface area (Å²) in [4.78, 5) is 21.8. The molecule has 0 saturated heterocycles. The van der Waals surface area contributed by atoms with E-state index in [1.165, 1.54) is 24.7 Å². The summed E-state index contributed by atoms with van der Waals surface area (Å²) in [7, 11) is 0. The molecule has 1 amide bonds. The van der Waals surface area contributed by atoms with Crippen LogP contribution in [0.15, 0.2) is 36.8 Å². The van der Waals surface area contributed by atoms with Gasteiger partial charge in [-0.2, -0.15) is 27.1 Å². The maximum absolute atomic E-state index is 13.2. The molecule has 1 aliphatic heterocycles. The van der Waals surface area contributed by atoms with Crippen molar-refractivity contribution in [2.75, 3.05) is 6.54 Å². The molecular formula is C22H19F5N6O. The van der Waals surface area contributed by atoms with Crippen LogP contribution in [0.1, 0.15) is 52.4 Å². The van der Waals surface area contributed by atoms with Gasteiger partial charge in [-0.3, -0.25) is 14.7 Å². The number of primary amides is 1. The maximum Gasteiger partial charge on any atom is 0.433 e. The molecule has 4 heterocycles. The van der Waals surface area contributed by atoms with Crippen molar-refractivity contribution in [3.05, 3.63) is 65.0 Å². The van der Waals surface area contributed by atoms with Crippen LogP contribution in [-0.4, -0.2) is 37.1 Å². The Morgan fingerprint density at radius 2 is 1.97 bits per heavy atom. The summed E-state index contributed by atoms with van der Waals surface area (Å²) in [6.45, 7) is -2.02. The first-order valence-corrected chi connectivity index (χ1v) is 10.5. The van der Waals surface area contributed by atoms with E-state index in [0.717, 1.165) is 11.6 Å². The highest BCUT2D eigenvalue weighted by atomic mass is 19.4. The summed E-state index contributed by atoms with van der Waals surface area (Å²) in [6, 6.07) is 4.14. The van der Waals surface area contributed by atoms with Gasteiger partial charge in [0.2, 0.25) is 0 Å². The molecule has 12 heteroatoms. The Labute approximate surface area is 190 Å². The lowest BCUT2D eigenvalue weighted by molar-refractivity contribution is -0.141. The monoisotopic (exact) mass is 478 g/mol. The van der Waals surface area contributed by atoms with Crippen LogP contribution in [0.2, 0.25) is 0 Å². The Hall–Kier alpha value is -3.41. The van der Waals surface area contributed by atoms with Gasteiger partial charge in [-0.05, 0) is 54.2 Å². The van der Waals surface area contributed by atoms with Gasteiger partial charge in [0.05, 0.1) is 11.9 Å². The maximum atomic E-state index is 13.2. The zero-order valence-corrected chi connectivity index (χ0v) is 17.7. The van der Waals surface area contributed by atoms with E-state index in [0.29, 0.717) is 52.9 Å². The van der Waals surface area contributed by atoms with Gasteiger partial charge in [0.1, 0.15) is 11.4 Å². The normalized spacial score (nSPS) is 17.6. The highest BCUT2D eigenvalue weighted by Crippen LogP contribution is 2.53. The van der Waals surface area contributed by atoms with Gasteiger partial charge in [0, 0.05) is 36.6 Å². The predicted molar refractivity (Wildman–Crippen MR) is 109 cm³/mol. The minimum absolute atomic E-state index is 0.0199. The lowest BCUT2D eigenvalue weighted by atomic mass is 9.92. The van der Waals surface area contributed by atoms with Crippen LogP contribution in [0.5, 0.6) is 0 Å². The fraction of sp³-hybridized carbons (Fsp3) is 0.364. The number of carbonyl (C=O) groups excluding carboxylic acids is 1. The summed E-state index contributed by atoms with van der Waals surface area (Å²) >= 11 is 0. The van der Waals surface area contributed by atoms with E-state index in [4.69, 9.17) is 5.73 Å². The highest BCUT2D eigenvalue weighted by molar-refractivity contribution is 5.92. The van der Waals surface area contributed by atoms with Gasteiger partial charge in [0.15, 0.2) is 0 Å². The molecule has 5 rings (SSSR count). The summed E-state index contributed by atoms with van der Waals surface area (Å²) in [5, 5.41) is 3.67. The summed E-state index contributed by atoms with van der Waals surface area (Å²) < 4.78 is 66.2. The van der Waals surface area contributed by atoms with Crippen molar-refractivity contribution in [1.82, 2.24) is 24.6 Å². The standard InChI is InChI=1S/C22H19F5N6O/c23-20(24)33-10-12(9-30-33)15-8-16(19(28)34)31-17-11-32(6-2-14(15)17)21(3-4-21)13-1-5-29-18(7-13)22(25,26)27/h1,5,7-10,20H,2-4,6,11H2,(H2,28,34). The van der Waals surface area contributed by atoms with Gasteiger partial charge >= 0.3 is 12.7 Å². The average molecular weight is 478 g/mol. The van der Waals surface area contributed by atoms with Crippen molar-refractivity contribution in [2.24, 2.45) is 5.73 Å². The van der Waals surface area contributed by atoms with E-state index in [1.54, 1.807) is 6.07 Å². The van der Waals surface area contributed by atoms with Gasteiger partial charge in [-0.1, -0.05) is 0 Å². The first-order chi connectivity index (χ1) is 16.1.